The molecule has 0 aromatic carbocycles. The minimum Gasteiger partial charge on any atom is -0.481 e. The molecule has 0 rings (SSSR count). The standard InChI is InChI=1S/C22H47O5P.C21H43O7P/c1-6-21(7-2,8-3)15-11-13-18-26-19-14-12-16-22(9-4,10-5)17-20-27-28(23,24)25;1-5-20(6-2,17-19(22)23)13-9-11-15-27-16-12-10-14-21(7-3,8-4)18-28-29(24,25)26/h6-20H2,1-5H3,(H2,23,24,25);5-18H2,1-4H3,(H,22,23)(H2,24,25,26). The van der Waals surface area contributed by atoms with Crippen LogP contribution in [-0.4, -0.2) is 70.3 Å². The van der Waals surface area contributed by atoms with Crippen molar-refractivity contribution in [1.82, 2.24) is 0 Å². The van der Waals surface area contributed by atoms with Gasteiger partial charge in [-0.15, -0.1) is 0 Å². The Morgan fingerprint density at radius 2 is 0.737 bits per heavy atom. The number of rotatable bonds is 38. The molecule has 57 heavy (non-hydrogen) atoms. The van der Waals surface area contributed by atoms with Gasteiger partial charge in [-0.1, -0.05) is 120 Å². The molecule has 0 aliphatic rings. The highest BCUT2D eigenvalue weighted by molar-refractivity contribution is 7.46. The fraction of sp³-hybridized carbons (Fsp3) is 0.977. The van der Waals surface area contributed by atoms with Crippen molar-refractivity contribution in [2.24, 2.45) is 21.7 Å². The number of aliphatic carboxylic acids is 1. The smallest absolute Gasteiger partial charge is 0.469 e. The molecule has 344 valence electrons. The molecule has 0 aliphatic carbocycles. The first-order chi connectivity index (χ1) is 26.8. The van der Waals surface area contributed by atoms with Gasteiger partial charge in [0.05, 0.1) is 19.6 Å². The Kier molecular flexibility index (Phi) is 33.3. The van der Waals surface area contributed by atoms with Gasteiger partial charge in [-0.2, -0.15) is 0 Å². The Morgan fingerprint density at radius 1 is 0.421 bits per heavy atom. The molecule has 0 amide bonds. The second kappa shape index (κ2) is 32.3. The van der Waals surface area contributed by atoms with Crippen molar-refractivity contribution in [3.8, 4) is 0 Å². The van der Waals surface area contributed by atoms with Crippen LogP contribution < -0.4 is 0 Å². The van der Waals surface area contributed by atoms with Crippen LogP contribution in [0, 0.1) is 21.7 Å². The summed E-state index contributed by atoms with van der Waals surface area (Å²) >= 11 is 0. The maximum atomic E-state index is 11.1. The molecule has 0 saturated carbocycles. The van der Waals surface area contributed by atoms with Crippen LogP contribution in [0.15, 0.2) is 0 Å². The van der Waals surface area contributed by atoms with Gasteiger partial charge in [-0.3, -0.25) is 13.8 Å². The van der Waals surface area contributed by atoms with Crippen molar-refractivity contribution < 1.29 is 57.1 Å². The van der Waals surface area contributed by atoms with E-state index in [4.69, 9.17) is 38.7 Å². The monoisotopic (exact) mass is 861 g/mol. The van der Waals surface area contributed by atoms with E-state index in [1.54, 1.807) is 0 Å². The van der Waals surface area contributed by atoms with E-state index in [1.807, 2.05) is 13.8 Å². The maximum Gasteiger partial charge on any atom is 0.469 e. The lowest BCUT2D eigenvalue weighted by Gasteiger charge is -2.32. The summed E-state index contributed by atoms with van der Waals surface area (Å²) < 4.78 is 42.8. The fourth-order valence-corrected chi connectivity index (χ4v) is 8.90. The fourth-order valence-electron chi connectivity index (χ4n) is 8.13. The van der Waals surface area contributed by atoms with E-state index >= 15 is 0 Å². The van der Waals surface area contributed by atoms with Gasteiger partial charge in [-0.25, -0.2) is 9.13 Å². The van der Waals surface area contributed by atoms with Crippen LogP contribution in [0.5, 0.6) is 0 Å². The predicted molar refractivity (Wildman–Crippen MR) is 232 cm³/mol. The zero-order chi connectivity index (χ0) is 43.9. The summed E-state index contributed by atoms with van der Waals surface area (Å²) in [4.78, 5) is 46.7. The Morgan fingerprint density at radius 3 is 1.05 bits per heavy atom. The first-order valence-electron chi connectivity index (χ1n) is 22.6. The highest BCUT2D eigenvalue weighted by Crippen LogP contribution is 2.43. The third kappa shape index (κ3) is 28.7. The largest absolute Gasteiger partial charge is 0.481 e. The van der Waals surface area contributed by atoms with E-state index in [0.29, 0.717) is 25.0 Å². The lowest BCUT2D eigenvalue weighted by Crippen LogP contribution is -2.25. The number of phosphoric ester groups is 2. The van der Waals surface area contributed by atoms with Gasteiger partial charge in [0.1, 0.15) is 0 Å². The Labute approximate surface area is 349 Å². The molecule has 0 atom stereocenters. The minimum atomic E-state index is -4.43. The molecule has 14 heteroatoms. The van der Waals surface area contributed by atoms with Gasteiger partial charge in [0.2, 0.25) is 0 Å². The topological polar surface area (TPSA) is 189 Å². The van der Waals surface area contributed by atoms with Crippen LogP contribution in [0.4, 0.5) is 0 Å². The summed E-state index contributed by atoms with van der Waals surface area (Å²) in [5.74, 6) is -0.716. The zero-order valence-corrected chi connectivity index (χ0v) is 39.8. The number of hydrogen-bond donors (Lipinski definition) is 5. The maximum absolute atomic E-state index is 11.1. The van der Waals surface area contributed by atoms with Crippen LogP contribution in [0.25, 0.3) is 0 Å². The molecule has 0 bridgehead atoms. The molecule has 12 nitrogen and oxygen atoms in total. The number of carboxylic acids is 1. The number of phosphoric acid groups is 2. The highest BCUT2D eigenvalue weighted by Gasteiger charge is 2.31. The quantitative estimate of drug-likeness (QED) is 0.0292. The molecule has 0 unspecified atom stereocenters. The summed E-state index contributed by atoms with van der Waals surface area (Å²) in [5, 5.41) is 9.13. The summed E-state index contributed by atoms with van der Waals surface area (Å²) in [6.45, 7) is 22.7. The van der Waals surface area contributed by atoms with E-state index < -0.39 is 21.6 Å². The lowest BCUT2D eigenvalue weighted by atomic mass is 9.75. The molecule has 0 saturated heterocycles. The molecule has 0 spiro atoms. The van der Waals surface area contributed by atoms with E-state index in [9.17, 15) is 13.9 Å². The van der Waals surface area contributed by atoms with Gasteiger partial charge >= 0.3 is 21.6 Å². The van der Waals surface area contributed by atoms with Crippen molar-refractivity contribution in [1.29, 1.82) is 0 Å². The van der Waals surface area contributed by atoms with Crippen LogP contribution >= 0.6 is 15.6 Å². The van der Waals surface area contributed by atoms with E-state index in [1.165, 1.54) is 32.1 Å². The molecular formula is C43H90O12P2. The summed E-state index contributed by atoms with van der Waals surface area (Å²) in [5.41, 5.74) is 0.353. The van der Waals surface area contributed by atoms with Crippen LogP contribution in [0.1, 0.15) is 210 Å². The molecule has 5 N–H and O–H groups in total. The lowest BCUT2D eigenvalue weighted by molar-refractivity contribution is -0.140. The minimum absolute atomic E-state index is 0.0814. The summed E-state index contributed by atoms with van der Waals surface area (Å²) in [6, 6.07) is 0. The molecule has 0 heterocycles. The average Bonchev–Trinajstić information content (AvgIpc) is 3.17. The number of carboxylic acid groups (broad SMARTS) is 1. The third-order valence-corrected chi connectivity index (χ3v) is 14.7. The normalized spacial score (nSPS) is 13.1. The Balaban J connectivity index is 0. The second-order valence-corrected chi connectivity index (χ2v) is 19.1. The van der Waals surface area contributed by atoms with Crippen LogP contribution in [0.2, 0.25) is 0 Å². The van der Waals surface area contributed by atoms with Gasteiger partial charge in [-0.05, 0) is 105 Å². The van der Waals surface area contributed by atoms with Gasteiger partial charge in [0.15, 0.2) is 0 Å². The van der Waals surface area contributed by atoms with Gasteiger partial charge < -0.3 is 34.2 Å². The SMILES string of the molecule is CCC(CC)(CC)CCCCOCCCCC(CC)(CC)CCOP(=O)(O)O.CCC(CC)(CCCCOCCCCC(CC)(CC)CC(=O)O)COP(=O)(O)O. The summed E-state index contributed by atoms with van der Waals surface area (Å²) in [7, 11) is -8.79. The van der Waals surface area contributed by atoms with Crippen molar-refractivity contribution in [2.45, 2.75) is 210 Å². The van der Waals surface area contributed by atoms with Crippen molar-refractivity contribution in [3.05, 3.63) is 0 Å². The van der Waals surface area contributed by atoms with E-state index in [0.717, 1.165) is 116 Å². The van der Waals surface area contributed by atoms with E-state index in [2.05, 4.69) is 53.0 Å². The zero-order valence-electron chi connectivity index (χ0n) is 38.0. The highest BCUT2D eigenvalue weighted by atomic mass is 31.2. The molecule has 0 radical (unpaired) electrons. The molecular weight excluding hydrogens is 770 g/mol. The van der Waals surface area contributed by atoms with Gasteiger partial charge in [0, 0.05) is 26.4 Å². The first-order valence-corrected chi connectivity index (χ1v) is 25.6. The number of hydrogen-bond acceptors (Lipinski definition) is 7. The Hall–Kier alpha value is -0.390. The van der Waals surface area contributed by atoms with Crippen LogP contribution in [-0.2, 0) is 32.4 Å². The number of unbranched alkanes of at least 4 members (excludes halogenated alkanes) is 4. The Bertz CT molecular complexity index is 1050. The average molecular weight is 861 g/mol. The molecule has 0 aromatic rings. The number of carbonyl (C=O) groups is 1. The summed E-state index contributed by atoms with van der Waals surface area (Å²) in [6.07, 6.45) is 22.6. The molecule has 0 aliphatic heterocycles. The van der Waals surface area contributed by atoms with E-state index in [-0.39, 0.29) is 35.9 Å². The first kappa shape index (κ1) is 58.7. The van der Waals surface area contributed by atoms with Crippen molar-refractivity contribution >= 4 is 21.6 Å². The second-order valence-electron chi connectivity index (χ2n) is 16.6. The number of ether oxygens (including phenoxy) is 2. The predicted octanol–water partition coefficient (Wildman–Crippen LogP) is 12.4. The molecule has 0 fully saturated rings. The molecule has 0 aromatic heterocycles. The van der Waals surface area contributed by atoms with Gasteiger partial charge in [0.25, 0.3) is 0 Å². The van der Waals surface area contributed by atoms with Crippen LogP contribution in [0.3, 0.4) is 0 Å². The van der Waals surface area contributed by atoms with Crippen molar-refractivity contribution in [3.63, 3.8) is 0 Å². The third-order valence-electron chi connectivity index (χ3n) is 13.7. The van der Waals surface area contributed by atoms with Crippen molar-refractivity contribution in [2.75, 3.05) is 39.6 Å².